The first kappa shape index (κ1) is 12.6. The van der Waals surface area contributed by atoms with Crippen LogP contribution in [0, 0.1) is 0 Å². The second kappa shape index (κ2) is 5.66. The van der Waals surface area contributed by atoms with Crippen molar-refractivity contribution in [1.82, 2.24) is 0 Å². The molecule has 0 aromatic heterocycles. The summed E-state index contributed by atoms with van der Waals surface area (Å²) in [6.07, 6.45) is 0. The van der Waals surface area contributed by atoms with Gasteiger partial charge in [0.2, 0.25) is 0 Å². The third kappa shape index (κ3) is 10.8. The Balaban J connectivity index is 0. The van der Waals surface area contributed by atoms with Crippen molar-refractivity contribution in [2.24, 2.45) is 0 Å². The molecule has 0 heterocycles. The van der Waals surface area contributed by atoms with Gasteiger partial charge in [-0.1, -0.05) is 0 Å². The second-order valence-corrected chi connectivity index (χ2v) is 2.96. The molecule has 0 amide bonds. The summed E-state index contributed by atoms with van der Waals surface area (Å²) < 4.78 is 28.9. The van der Waals surface area contributed by atoms with Crippen molar-refractivity contribution in [3.05, 3.63) is 0 Å². The van der Waals surface area contributed by atoms with Crippen molar-refractivity contribution in [2.45, 2.75) is 0 Å². The second-order valence-electron chi connectivity index (χ2n) is 0.985. The molecular weight excluding hydrogens is 175 g/mol. The van der Waals surface area contributed by atoms with Crippen molar-refractivity contribution in [1.29, 1.82) is 0 Å². The van der Waals surface area contributed by atoms with Gasteiger partial charge in [0.1, 0.15) is 0 Å². The van der Waals surface area contributed by atoms with Gasteiger partial charge in [-0.05, 0) is 0 Å². The molecule has 0 radical (unpaired) electrons. The molecule has 0 aromatic rings. The summed E-state index contributed by atoms with van der Waals surface area (Å²) >= 11 is 3.53. The van der Waals surface area contributed by atoms with Crippen LogP contribution in [0.3, 0.4) is 0 Å². The predicted molar refractivity (Wildman–Crippen MR) is 28.4 cm³/mol. The standard InChI is InChI=1S/C2H6O3S2.K/c3-7(4,5)2-1-6;/h6H,1-2H2,(H,3,4,5);/q;+1/p-1. The smallest absolute Gasteiger partial charge is 0.748 e. The predicted octanol–water partition coefficient (Wildman–Crippen LogP) is -3.53. The van der Waals surface area contributed by atoms with E-state index < -0.39 is 10.1 Å². The van der Waals surface area contributed by atoms with Crippen LogP contribution in [0.4, 0.5) is 0 Å². The van der Waals surface area contributed by atoms with E-state index in [1.54, 1.807) is 0 Å². The van der Waals surface area contributed by atoms with Gasteiger partial charge in [-0.2, -0.15) is 12.6 Å². The van der Waals surface area contributed by atoms with Gasteiger partial charge in [-0.3, -0.25) is 0 Å². The Morgan fingerprint density at radius 1 is 1.50 bits per heavy atom. The van der Waals surface area contributed by atoms with Crippen LogP contribution in [-0.4, -0.2) is 24.5 Å². The number of rotatable bonds is 2. The summed E-state index contributed by atoms with van der Waals surface area (Å²) in [4.78, 5) is 0. The van der Waals surface area contributed by atoms with Crippen molar-refractivity contribution in [3.8, 4) is 0 Å². The molecule has 44 valence electrons. The molecule has 0 saturated heterocycles. The topological polar surface area (TPSA) is 57.2 Å². The monoisotopic (exact) mass is 180 g/mol. The Morgan fingerprint density at radius 3 is 1.88 bits per heavy atom. The summed E-state index contributed by atoms with van der Waals surface area (Å²) in [6.45, 7) is 0. The van der Waals surface area contributed by atoms with E-state index in [2.05, 4.69) is 12.6 Å². The van der Waals surface area contributed by atoms with Gasteiger partial charge in [0, 0.05) is 11.5 Å². The Bertz CT molecular complexity index is 128. The zero-order valence-corrected chi connectivity index (χ0v) is 9.33. The first-order valence-electron chi connectivity index (χ1n) is 1.60. The minimum Gasteiger partial charge on any atom is -0.748 e. The van der Waals surface area contributed by atoms with Crippen LogP contribution in [0.15, 0.2) is 0 Å². The molecule has 0 aliphatic carbocycles. The van der Waals surface area contributed by atoms with Gasteiger partial charge < -0.3 is 4.55 Å². The molecule has 0 atom stereocenters. The molecule has 0 unspecified atom stereocenters. The van der Waals surface area contributed by atoms with Crippen molar-refractivity contribution >= 4 is 22.7 Å². The van der Waals surface area contributed by atoms with E-state index >= 15 is 0 Å². The minimum atomic E-state index is -4.00. The molecule has 6 heteroatoms. The molecule has 0 rings (SSSR count). The fourth-order valence-corrected chi connectivity index (χ4v) is 1.01. The fraction of sp³-hybridized carbons (Fsp3) is 1.00. The van der Waals surface area contributed by atoms with E-state index in [9.17, 15) is 13.0 Å². The number of hydrogen-bond donors (Lipinski definition) is 1. The summed E-state index contributed by atoms with van der Waals surface area (Å²) in [5.41, 5.74) is 0. The molecule has 0 saturated carbocycles. The van der Waals surface area contributed by atoms with Gasteiger partial charge in [-0.25, -0.2) is 8.42 Å². The average Bonchev–Trinajstić information content (AvgIpc) is 1.30. The average molecular weight is 180 g/mol. The summed E-state index contributed by atoms with van der Waals surface area (Å²) in [5, 5.41) is 0. The Labute approximate surface area is 96.8 Å². The maximum Gasteiger partial charge on any atom is 1.00 e. The Hall–Kier alpha value is 1.90. The summed E-state index contributed by atoms with van der Waals surface area (Å²) in [6, 6.07) is 0. The largest absolute Gasteiger partial charge is 1.00 e. The maximum absolute atomic E-state index is 9.63. The van der Waals surface area contributed by atoms with Gasteiger partial charge >= 0.3 is 51.4 Å². The molecular formula is C2H5KO3S2. The van der Waals surface area contributed by atoms with E-state index in [4.69, 9.17) is 0 Å². The maximum atomic E-state index is 9.63. The van der Waals surface area contributed by atoms with Gasteiger partial charge in [0.05, 0.1) is 10.1 Å². The van der Waals surface area contributed by atoms with Crippen LogP contribution >= 0.6 is 12.6 Å². The fourth-order valence-electron chi connectivity index (χ4n) is 0.112. The normalized spacial score (nSPS) is 10.2. The van der Waals surface area contributed by atoms with Crippen LogP contribution < -0.4 is 51.4 Å². The van der Waals surface area contributed by atoms with Crippen LogP contribution in [-0.2, 0) is 10.1 Å². The van der Waals surface area contributed by atoms with E-state index in [0.717, 1.165) is 0 Å². The van der Waals surface area contributed by atoms with Crippen LogP contribution in [0.5, 0.6) is 0 Å². The minimum absolute atomic E-state index is 0. The molecule has 0 bridgehead atoms. The summed E-state index contributed by atoms with van der Waals surface area (Å²) in [5.74, 6) is -0.276. The summed E-state index contributed by atoms with van der Waals surface area (Å²) in [7, 11) is -4.00. The van der Waals surface area contributed by atoms with E-state index in [1.165, 1.54) is 0 Å². The van der Waals surface area contributed by atoms with E-state index in [0.29, 0.717) is 0 Å². The zero-order chi connectivity index (χ0) is 5.91. The van der Waals surface area contributed by atoms with Gasteiger partial charge in [0.15, 0.2) is 0 Å². The van der Waals surface area contributed by atoms with Crippen molar-refractivity contribution in [3.63, 3.8) is 0 Å². The Morgan fingerprint density at radius 2 is 1.88 bits per heavy atom. The zero-order valence-electron chi connectivity index (χ0n) is 4.49. The van der Waals surface area contributed by atoms with Crippen LogP contribution in [0.1, 0.15) is 0 Å². The molecule has 0 aliphatic rings. The molecule has 0 N–H and O–H groups in total. The van der Waals surface area contributed by atoms with E-state index in [1.807, 2.05) is 0 Å². The van der Waals surface area contributed by atoms with Gasteiger partial charge in [0.25, 0.3) is 0 Å². The number of thiol groups is 1. The molecule has 0 aromatic carbocycles. The quantitative estimate of drug-likeness (QED) is 0.272. The third-order valence-corrected chi connectivity index (χ3v) is 1.57. The van der Waals surface area contributed by atoms with Gasteiger partial charge in [-0.15, -0.1) is 0 Å². The molecule has 3 nitrogen and oxygen atoms in total. The first-order valence-corrected chi connectivity index (χ1v) is 3.81. The molecule has 0 fully saturated rings. The number of hydrogen-bond acceptors (Lipinski definition) is 4. The van der Waals surface area contributed by atoms with Crippen LogP contribution in [0.2, 0.25) is 0 Å². The third-order valence-electron chi connectivity index (χ3n) is 0.341. The van der Waals surface area contributed by atoms with Crippen molar-refractivity contribution in [2.75, 3.05) is 11.5 Å². The van der Waals surface area contributed by atoms with E-state index in [-0.39, 0.29) is 62.9 Å². The molecule has 0 aliphatic heterocycles. The van der Waals surface area contributed by atoms with Crippen LogP contribution in [0.25, 0.3) is 0 Å². The molecule has 0 spiro atoms. The van der Waals surface area contributed by atoms with Crippen molar-refractivity contribution < 1.29 is 64.4 Å². The first-order chi connectivity index (χ1) is 3.06. The SMILES string of the molecule is O=S(=O)([O-])CCS.[K+]. The Kier molecular flexibility index (Phi) is 8.89. The molecule has 8 heavy (non-hydrogen) atoms.